The summed E-state index contributed by atoms with van der Waals surface area (Å²) in [5, 5.41) is 17.4. The molecule has 3 aromatic heterocycles. The van der Waals surface area contributed by atoms with Crippen molar-refractivity contribution in [2.45, 2.75) is 18.9 Å². The molecular weight excluding hydrogens is 312 g/mol. The lowest BCUT2D eigenvalue weighted by Gasteiger charge is -2.17. The molecule has 1 aliphatic heterocycles. The van der Waals surface area contributed by atoms with Crippen LogP contribution in [0.4, 0.5) is 5.82 Å². The monoisotopic (exact) mass is 328 g/mol. The number of rotatable bonds is 4. The second-order valence-corrected chi connectivity index (χ2v) is 6.61. The van der Waals surface area contributed by atoms with E-state index >= 15 is 0 Å². The first-order chi connectivity index (χ1) is 11.3. The van der Waals surface area contributed by atoms with Gasteiger partial charge < -0.3 is 10.2 Å². The van der Waals surface area contributed by atoms with E-state index in [9.17, 15) is 4.79 Å². The molecule has 0 spiro atoms. The van der Waals surface area contributed by atoms with Crippen molar-refractivity contribution in [1.82, 2.24) is 25.1 Å². The molecule has 1 N–H and O–H groups in total. The van der Waals surface area contributed by atoms with Crippen molar-refractivity contribution in [2.75, 3.05) is 18.0 Å². The van der Waals surface area contributed by atoms with Crippen LogP contribution in [0.15, 0.2) is 36.0 Å². The zero-order valence-electron chi connectivity index (χ0n) is 12.4. The summed E-state index contributed by atoms with van der Waals surface area (Å²) in [5.41, 5.74) is 0.730. The summed E-state index contributed by atoms with van der Waals surface area (Å²) >= 11 is 1.61. The summed E-state index contributed by atoms with van der Waals surface area (Å²) in [6, 6.07) is 7.97. The van der Waals surface area contributed by atoms with Gasteiger partial charge in [-0.3, -0.25) is 4.79 Å². The molecule has 0 bridgehead atoms. The molecule has 0 unspecified atom stereocenters. The van der Waals surface area contributed by atoms with Gasteiger partial charge in [0.15, 0.2) is 5.65 Å². The summed E-state index contributed by atoms with van der Waals surface area (Å²) in [6.45, 7) is 1.65. The van der Waals surface area contributed by atoms with Gasteiger partial charge in [0.2, 0.25) is 5.91 Å². The standard InChI is InChI=1S/C15H16N6OS/c22-15(8-12-2-1-7-23-12)17-11-5-6-20(9-11)14-4-3-13-18-16-10-21(13)19-14/h1-4,7,10-11H,5-6,8-9H2,(H,17,22)/t11-/m1/s1. The molecule has 4 heterocycles. The van der Waals surface area contributed by atoms with Gasteiger partial charge in [-0.25, -0.2) is 0 Å². The fraction of sp³-hybridized carbons (Fsp3) is 0.333. The number of hydrogen-bond acceptors (Lipinski definition) is 6. The number of amides is 1. The van der Waals surface area contributed by atoms with E-state index in [2.05, 4.69) is 25.5 Å². The maximum Gasteiger partial charge on any atom is 0.225 e. The third-order valence-corrected chi connectivity index (χ3v) is 4.82. The van der Waals surface area contributed by atoms with E-state index in [0.29, 0.717) is 6.42 Å². The van der Waals surface area contributed by atoms with Crippen LogP contribution in [-0.4, -0.2) is 44.8 Å². The Bertz CT molecular complexity index is 814. The fourth-order valence-corrected chi connectivity index (χ4v) is 3.53. The molecular formula is C15H16N6OS. The van der Waals surface area contributed by atoms with E-state index in [1.54, 1.807) is 22.2 Å². The molecule has 8 heteroatoms. The van der Waals surface area contributed by atoms with Crippen LogP contribution in [-0.2, 0) is 11.2 Å². The van der Waals surface area contributed by atoms with Gasteiger partial charge in [0, 0.05) is 24.0 Å². The number of anilines is 1. The van der Waals surface area contributed by atoms with Crippen molar-refractivity contribution in [2.24, 2.45) is 0 Å². The predicted octanol–water partition coefficient (Wildman–Crippen LogP) is 1.12. The van der Waals surface area contributed by atoms with Crippen molar-refractivity contribution in [3.8, 4) is 0 Å². The van der Waals surface area contributed by atoms with Crippen LogP contribution in [0, 0.1) is 0 Å². The van der Waals surface area contributed by atoms with E-state index in [1.807, 2.05) is 29.6 Å². The minimum atomic E-state index is 0.0847. The first kappa shape index (κ1) is 14.1. The summed E-state index contributed by atoms with van der Waals surface area (Å²) in [5.74, 6) is 0.967. The number of carbonyl (C=O) groups excluding carboxylic acids is 1. The van der Waals surface area contributed by atoms with Gasteiger partial charge in [0.1, 0.15) is 12.1 Å². The molecule has 1 aliphatic rings. The highest BCUT2D eigenvalue weighted by molar-refractivity contribution is 7.10. The minimum absolute atomic E-state index is 0.0847. The summed E-state index contributed by atoms with van der Waals surface area (Å²) in [4.78, 5) is 15.4. The SMILES string of the molecule is O=C(Cc1cccs1)N[C@@H]1CCN(c2ccc3nncn3n2)C1. The van der Waals surface area contributed by atoms with Gasteiger partial charge >= 0.3 is 0 Å². The topological polar surface area (TPSA) is 75.4 Å². The van der Waals surface area contributed by atoms with Gasteiger partial charge in [-0.1, -0.05) is 6.07 Å². The Morgan fingerprint density at radius 2 is 2.35 bits per heavy atom. The molecule has 1 atom stereocenters. The van der Waals surface area contributed by atoms with Crippen molar-refractivity contribution in [3.05, 3.63) is 40.8 Å². The Morgan fingerprint density at radius 3 is 3.22 bits per heavy atom. The van der Waals surface area contributed by atoms with Crippen molar-refractivity contribution in [1.29, 1.82) is 0 Å². The molecule has 1 amide bonds. The molecule has 0 aliphatic carbocycles. The molecule has 0 radical (unpaired) electrons. The second kappa shape index (κ2) is 5.96. The largest absolute Gasteiger partial charge is 0.353 e. The average molecular weight is 328 g/mol. The first-order valence-electron chi connectivity index (χ1n) is 7.52. The lowest BCUT2D eigenvalue weighted by Crippen LogP contribution is -2.38. The van der Waals surface area contributed by atoms with E-state index in [1.165, 1.54) is 0 Å². The molecule has 7 nitrogen and oxygen atoms in total. The van der Waals surface area contributed by atoms with Crippen LogP contribution in [0.3, 0.4) is 0 Å². The van der Waals surface area contributed by atoms with Gasteiger partial charge in [-0.2, -0.15) is 4.52 Å². The molecule has 0 aromatic carbocycles. The highest BCUT2D eigenvalue weighted by atomic mass is 32.1. The number of thiophene rings is 1. The van der Waals surface area contributed by atoms with Crippen LogP contribution in [0.2, 0.25) is 0 Å². The lowest BCUT2D eigenvalue weighted by atomic mass is 10.2. The highest BCUT2D eigenvalue weighted by Crippen LogP contribution is 2.18. The quantitative estimate of drug-likeness (QED) is 0.777. The second-order valence-electron chi connectivity index (χ2n) is 5.58. The summed E-state index contributed by atoms with van der Waals surface area (Å²) in [7, 11) is 0. The molecule has 4 rings (SSSR count). The first-order valence-corrected chi connectivity index (χ1v) is 8.40. The van der Waals surface area contributed by atoms with Crippen molar-refractivity contribution < 1.29 is 4.79 Å². The van der Waals surface area contributed by atoms with E-state index in [-0.39, 0.29) is 11.9 Å². The Balaban J connectivity index is 1.37. The van der Waals surface area contributed by atoms with Gasteiger partial charge in [0.05, 0.1) is 6.42 Å². The average Bonchev–Trinajstić information content (AvgIpc) is 3.27. The number of aromatic nitrogens is 4. The van der Waals surface area contributed by atoms with Gasteiger partial charge in [-0.05, 0) is 30.0 Å². The minimum Gasteiger partial charge on any atom is -0.353 e. The van der Waals surface area contributed by atoms with E-state index in [0.717, 1.165) is 35.9 Å². The Morgan fingerprint density at radius 1 is 1.39 bits per heavy atom. The zero-order valence-corrected chi connectivity index (χ0v) is 13.2. The maximum atomic E-state index is 12.1. The van der Waals surface area contributed by atoms with Crippen LogP contribution in [0.1, 0.15) is 11.3 Å². The molecule has 23 heavy (non-hydrogen) atoms. The molecule has 1 fully saturated rings. The van der Waals surface area contributed by atoms with Crippen LogP contribution >= 0.6 is 11.3 Å². The number of nitrogens with zero attached hydrogens (tertiary/aromatic N) is 5. The highest BCUT2D eigenvalue weighted by Gasteiger charge is 2.25. The third kappa shape index (κ3) is 3.02. The van der Waals surface area contributed by atoms with Crippen LogP contribution in [0.25, 0.3) is 5.65 Å². The fourth-order valence-electron chi connectivity index (χ4n) is 2.82. The van der Waals surface area contributed by atoms with Crippen LogP contribution < -0.4 is 10.2 Å². The van der Waals surface area contributed by atoms with E-state index in [4.69, 9.17) is 0 Å². The number of fused-ring (bicyclic) bond motifs is 1. The van der Waals surface area contributed by atoms with E-state index < -0.39 is 0 Å². The number of nitrogens with one attached hydrogen (secondary N) is 1. The zero-order chi connectivity index (χ0) is 15.6. The molecule has 0 saturated carbocycles. The van der Waals surface area contributed by atoms with Crippen molar-refractivity contribution >= 4 is 28.7 Å². The summed E-state index contributed by atoms with van der Waals surface area (Å²) in [6.07, 6.45) is 2.98. The van der Waals surface area contributed by atoms with Crippen molar-refractivity contribution in [3.63, 3.8) is 0 Å². The predicted molar refractivity (Wildman–Crippen MR) is 87.6 cm³/mol. The molecule has 118 valence electrons. The smallest absolute Gasteiger partial charge is 0.225 e. The van der Waals surface area contributed by atoms with Gasteiger partial charge in [-0.15, -0.1) is 26.6 Å². The maximum absolute atomic E-state index is 12.1. The van der Waals surface area contributed by atoms with Crippen LogP contribution in [0.5, 0.6) is 0 Å². The number of hydrogen-bond donors (Lipinski definition) is 1. The lowest BCUT2D eigenvalue weighted by molar-refractivity contribution is -0.120. The number of carbonyl (C=O) groups is 1. The Hall–Kier alpha value is -2.48. The molecule has 1 saturated heterocycles. The Kier molecular flexibility index (Phi) is 3.66. The van der Waals surface area contributed by atoms with Gasteiger partial charge in [0.25, 0.3) is 0 Å². The third-order valence-electron chi connectivity index (χ3n) is 3.94. The summed E-state index contributed by atoms with van der Waals surface area (Å²) < 4.78 is 1.66. The normalized spacial score (nSPS) is 17.7. The Labute approximate surface area is 136 Å². The molecule has 3 aromatic rings.